The molecule has 1 atom stereocenters. The van der Waals surface area contributed by atoms with E-state index in [0.29, 0.717) is 26.3 Å². The van der Waals surface area contributed by atoms with Gasteiger partial charge in [0.15, 0.2) is 0 Å². The first-order valence-corrected chi connectivity index (χ1v) is 7.03. The molecule has 112 valence electrons. The summed E-state index contributed by atoms with van der Waals surface area (Å²) in [7, 11) is 0. The largest absolute Gasteiger partial charge is 0.389 e. The van der Waals surface area contributed by atoms with Gasteiger partial charge >= 0.3 is 0 Å². The van der Waals surface area contributed by atoms with Crippen molar-refractivity contribution in [2.45, 2.75) is 26.2 Å². The number of aliphatic hydroxyl groups excluding tert-OH is 1. The molecule has 1 aromatic carbocycles. The molecule has 2 aromatic rings. The van der Waals surface area contributed by atoms with Crippen LogP contribution in [0.3, 0.4) is 0 Å². The van der Waals surface area contributed by atoms with Crippen molar-refractivity contribution in [3.05, 3.63) is 59.7 Å². The minimum absolute atomic E-state index is 0.310. The molecule has 0 saturated heterocycles. The first kappa shape index (κ1) is 15.6. The Hall–Kier alpha value is -1.82. The van der Waals surface area contributed by atoms with Gasteiger partial charge in [-0.05, 0) is 18.6 Å². The van der Waals surface area contributed by atoms with Crippen LogP contribution >= 0.6 is 0 Å². The molecule has 5 heteroatoms. The van der Waals surface area contributed by atoms with Gasteiger partial charge in [-0.3, -0.25) is 0 Å². The summed E-state index contributed by atoms with van der Waals surface area (Å²) in [6.45, 7) is 3.76. The van der Waals surface area contributed by atoms with E-state index in [4.69, 9.17) is 4.74 Å². The molecule has 0 radical (unpaired) electrons. The van der Waals surface area contributed by atoms with Crippen LogP contribution in [0.4, 0.5) is 0 Å². The lowest BCUT2D eigenvalue weighted by Gasteiger charge is -2.12. The van der Waals surface area contributed by atoms with Gasteiger partial charge in [-0.2, -0.15) is 0 Å². The SMILES string of the molecule is Cc1nccc(CNCC(O)COCc2ccccc2)n1. The Morgan fingerprint density at radius 2 is 2.05 bits per heavy atom. The molecule has 0 amide bonds. The van der Waals surface area contributed by atoms with E-state index in [1.807, 2.05) is 43.3 Å². The average molecular weight is 287 g/mol. The van der Waals surface area contributed by atoms with E-state index in [0.717, 1.165) is 17.1 Å². The van der Waals surface area contributed by atoms with Gasteiger partial charge in [0.25, 0.3) is 0 Å². The molecule has 0 spiro atoms. The maximum atomic E-state index is 9.84. The Morgan fingerprint density at radius 3 is 2.81 bits per heavy atom. The zero-order chi connectivity index (χ0) is 14.9. The molecular formula is C16H21N3O2. The molecule has 1 heterocycles. The fourth-order valence-electron chi connectivity index (χ4n) is 1.92. The van der Waals surface area contributed by atoms with Crippen molar-refractivity contribution >= 4 is 0 Å². The predicted molar refractivity (Wildman–Crippen MR) is 80.6 cm³/mol. The highest BCUT2D eigenvalue weighted by atomic mass is 16.5. The fourth-order valence-corrected chi connectivity index (χ4v) is 1.92. The number of nitrogens with zero attached hydrogens (tertiary/aromatic N) is 2. The number of nitrogens with one attached hydrogen (secondary N) is 1. The van der Waals surface area contributed by atoms with Crippen molar-refractivity contribution in [2.75, 3.05) is 13.2 Å². The number of aryl methyl sites for hydroxylation is 1. The number of benzene rings is 1. The van der Waals surface area contributed by atoms with E-state index in [2.05, 4.69) is 15.3 Å². The molecule has 21 heavy (non-hydrogen) atoms. The molecule has 2 rings (SSSR count). The van der Waals surface area contributed by atoms with E-state index >= 15 is 0 Å². The van der Waals surface area contributed by atoms with Crippen molar-refractivity contribution in [2.24, 2.45) is 0 Å². The molecule has 1 unspecified atom stereocenters. The van der Waals surface area contributed by atoms with E-state index < -0.39 is 6.10 Å². The number of ether oxygens (including phenoxy) is 1. The molecule has 2 N–H and O–H groups in total. The van der Waals surface area contributed by atoms with Gasteiger partial charge in [0.05, 0.1) is 25.0 Å². The normalized spacial score (nSPS) is 12.3. The zero-order valence-electron chi connectivity index (χ0n) is 12.2. The van der Waals surface area contributed by atoms with E-state index in [1.54, 1.807) is 6.20 Å². The van der Waals surface area contributed by atoms with Crippen molar-refractivity contribution in [3.8, 4) is 0 Å². The minimum Gasteiger partial charge on any atom is -0.389 e. The average Bonchev–Trinajstić information content (AvgIpc) is 2.48. The summed E-state index contributed by atoms with van der Waals surface area (Å²) in [5.74, 6) is 0.751. The van der Waals surface area contributed by atoms with Gasteiger partial charge in [-0.25, -0.2) is 9.97 Å². The molecule has 0 bridgehead atoms. The maximum absolute atomic E-state index is 9.84. The summed E-state index contributed by atoms with van der Waals surface area (Å²) in [5, 5.41) is 13.0. The lowest BCUT2D eigenvalue weighted by molar-refractivity contribution is 0.0287. The highest BCUT2D eigenvalue weighted by Gasteiger charge is 2.04. The van der Waals surface area contributed by atoms with E-state index in [1.165, 1.54) is 0 Å². The molecule has 0 aliphatic heterocycles. The second kappa shape index (κ2) is 8.46. The van der Waals surface area contributed by atoms with Crippen molar-refractivity contribution in [1.82, 2.24) is 15.3 Å². The van der Waals surface area contributed by atoms with Crippen molar-refractivity contribution < 1.29 is 9.84 Å². The summed E-state index contributed by atoms with van der Waals surface area (Å²) < 4.78 is 5.49. The van der Waals surface area contributed by atoms with Gasteiger partial charge < -0.3 is 15.2 Å². The fraction of sp³-hybridized carbons (Fsp3) is 0.375. The molecule has 5 nitrogen and oxygen atoms in total. The Kier molecular flexibility index (Phi) is 6.27. The highest BCUT2D eigenvalue weighted by molar-refractivity contribution is 5.13. The molecule has 0 saturated carbocycles. The Balaban J connectivity index is 1.60. The highest BCUT2D eigenvalue weighted by Crippen LogP contribution is 2.01. The van der Waals surface area contributed by atoms with Crippen LogP contribution in [-0.4, -0.2) is 34.3 Å². The van der Waals surface area contributed by atoms with Crippen molar-refractivity contribution in [3.63, 3.8) is 0 Å². The first-order valence-electron chi connectivity index (χ1n) is 7.03. The summed E-state index contributed by atoms with van der Waals surface area (Å²) >= 11 is 0. The summed E-state index contributed by atoms with van der Waals surface area (Å²) in [6, 6.07) is 11.8. The number of rotatable bonds is 8. The lowest BCUT2D eigenvalue weighted by Crippen LogP contribution is -2.30. The van der Waals surface area contributed by atoms with E-state index in [-0.39, 0.29) is 0 Å². The number of aliphatic hydroxyl groups is 1. The van der Waals surface area contributed by atoms with Gasteiger partial charge in [0, 0.05) is 19.3 Å². The summed E-state index contributed by atoms with van der Waals surface area (Å²) in [6.07, 6.45) is 1.20. The number of hydrogen-bond acceptors (Lipinski definition) is 5. The third-order valence-electron chi connectivity index (χ3n) is 2.94. The third-order valence-corrected chi connectivity index (χ3v) is 2.94. The molecule has 0 fully saturated rings. The Labute approximate surface area is 125 Å². The van der Waals surface area contributed by atoms with Crippen LogP contribution in [0.5, 0.6) is 0 Å². The van der Waals surface area contributed by atoms with Crippen LogP contribution < -0.4 is 5.32 Å². The standard InChI is InChI=1S/C16H21N3O2/c1-13-18-8-7-15(19-13)9-17-10-16(20)12-21-11-14-5-3-2-4-6-14/h2-8,16-17,20H,9-12H2,1H3. The van der Waals surface area contributed by atoms with Crippen LogP contribution in [0, 0.1) is 6.92 Å². The topological polar surface area (TPSA) is 67.3 Å². The Bertz CT molecular complexity index is 534. The summed E-state index contributed by atoms with van der Waals surface area (Å²) in [4.78, 5) is 8.33. The van der Waals surface area contributed by atoms with Crippen LogP contribution in [-0.2, 0) is 17.9 Å². The molecule has 0 aliphatic carbocycles. The number of aromatic nitrogens is 2. The smallest absolute Gasteiger partial charge is 0.125 e. The summed E-state index contributed by atoms with van der Waals surface area (Å²) in [5.41, 5.74) is 2.02. The molecule has 0 aliphatic rings. The maximum Gasteiger partial charge on any atom is 0.125 e. The molecular weight excluding hydrogens is 266 g/mol. The minimum atomic E-state index is -0.531. The van der Waals surface area contributed by atoms with Crippen molar-refractivity contribution in [1.29, 1.82) is 0 Å². The van der Waals surface area contributed by atoms with Gasteiger partial charge in [0.2, 0.25) is 0 Å². The zero-order valence-corrected chi connectivity index (χ0v) is 12.2. The second-order valence-corrected chi connectivity index (χ2v) is 4.88. The molecule has 1 aromatic heterocycles. The number of hydrogen-bond donors (Lipinski definition) is 2. The van der Waals surface area contributed by atoms with Crippen LogP contribution in [0.1, 0.15) is 17.1 Å². The van der Waals surface area contributed by atoms with Gasteiger partial charge in [0.1, 0.15) is 5.82 Å². The second-order valence-electron chi connectivity index (χ2n) is 4.88. The van der Waals surface area contributed by atoms with Gasteiger partial charge in [-0.15, -0.1) is 0 Å². The van der Waals surface area contributed by atoms with Gasteiger partial charge in [-0.1, -0.05) is 30.3 Å². The first-order chi connectivity index (χ1) is 10.2. The van der Waals surface area contributed by atoms with Crippen LogP contribution in [0.15, 0.2) is 42.6 Å². The predicted octanol–water partition coefficient (Wildman–Crippen LogP) is 1.45. The third kappa shape index (κ3) is 5.99. The Morgan fingerprint density at radius 1 is 1.24 bits per heavy atom. The monoisotopic (exact) mass is 287 g/mol. The van der Waals surface area contributed by atoms with Crippen LogP contribution in [0.25, 0.3) is 0 Å². The van der Waals surface area contributed by atoms with Crippen LogP contribution in [0.2, 0.25) is 0 Å². The quantitative estimate of drug-likeness (QED) is 0.769. The lowest BCUT2D eigenvalue weighted by atomic mass is 10.2. The van der Waals surface area contributed by atoms with E-state index in [9.17, 15) is 5.11 Å².